The van der Waals surface area contributed by atoms with Gasteiger partial charge in [0.1, 0.15) is 5.82 Å². The number of phenols is 1. The summed E-state index contributed by atoms with van der Waals surface area (Å²) in [6.07, 6.45) is 0.843. The van der Waals surface area contributed by atoms with E-state index >= 15 is 0 Å². The van der Waals surface area contributed by atoms with E-state index in [0.717, 1.165) is 24.1 Å². The monoisotopic (exact) mass is 311 g/mol. The molecule has 3 nitrogen and oxygen atoms in total. The second kappa shape index (κ2) is 8.49. The summed E-state index contributed by atoms with van der Waals surface area (Å²) in [5, 5.41) is 12.8. The van der Waals surface area contributed by atoms with Gasteiger partial charge in [-0.15, -0.1) is 12.4 Å². The van der Waals surface area contributed by atoms with Crippen molar-refractivity contribution in [3.05, 3.63) is 59.4 Å². The number of hydrogen-bond acceptors (Lipinski definition) is 3. The molecule has 0 heterocycles. The van der Waals surface area contributed by atoms with Gasteiger partial charge >= 0.3 is 0 Å². The fourth-order valence-electron chi connectivity index (χ4n) is 1.95. The molecule has 0 aliphatic heterocycles. The van der Waals surface area contributed by atoms with Gasteiger partial charge in [0.15, 0.2) is 11.5 Å². The molecule has 2 rings (SSSR count). The zero-order valence-electron chi connectivity index (χ0n) is 11.8. The Hall–Kier alpha value is -1.78. The van der Waals surface area contributed by atoms with Gasteiger partial charge in [0.05, 0.1) is 7.11 Å². The average molecular weight is 312 g/mol. The van der Waals surface area contributed by atoms with Crippen LogP contribution < -0.4 is 10.1 Å². The van der Waals surface area contributed by atoms with Gasteiger partial charge in [-0.25, -0.2) is 4.39 Å². The van der Waals surface area contributed by atoms with Gasteiger partial charge in [-0.2, -0.15) is 0 Å². The highest BCUT2D eigenvalue weighted by molar-refractivity contribution is 5.85. The smallest absolute Gasteiger partial charge is 0.160 e. The molecular weight excluding hydrogens is 293 g/mol. The first-order valence-electron chi connectivity index (χ1n) is 6.50. The number of rotatable bonds is 6. The molecule has 0 spiro atoms. The Balaban J connectivity index is 0.00000220. The van der Waals surface area contributed by atoms with Gasteiger partial charge in [-0.1, -0.05) is 18.2 Å². The molecule has 0 amide bonds. The van der Waals surface area contributed by atoms with Crippen LogP contribution in [0.4, 0.5) is 4.39 Å². The van der Waals surface area contributed by atoms with Crippen LogP contribution in [0.5, 0.6) is 11.5 Å². The van der Waals surface area contributed by atoms with E-state index in [1.165, 1.54) is 19.2 Å². The van der Waals surface area contributed by atoms with Gasteiger partial charge in [0.2, 0.25) is 0 Å². The predicted molar refractivity (Wildman–Crippen MR) is 83.7 cm³/mol. The molecule has 0 radical (unpaired) electrons. The van der Waals surface area contributed by atoms with Crippen molar-refractivity contribution in [2.75, 3.05) is 13.7 Å². The number of hydrogen-bond donors (Lipinski definition) is 2. The van der Waals surface area contributed by atoms with Crippen molar-refractivity contribution in [3.63, 3.8) is 0 Å². The number of methoxy groups -OCH3 is 1. The zero-order valence-corrected chi connectivity index (χ0v) is 12.6. The lowest BCUT2D eigenvalue weighted by molar-refractivity contribution is 0.373. The van der Waals surface area contributed by atoms with Gasteiger partial charge in [-0.05, 0) is 48.4 Å². The number of halogens is 2. The molecule has 2 N–H and O–H groups in total. The highest BCUT2D eigenvalue weighted by Gasteiger charge is 2.02. The third kappa shape index (κ3) is 5.25. The standard InChI is InChI=1S/C16H18FNO2.ClH/c1-20-16-10-13(4-7-15(16)19)11-18-9-8-12-2-5-14(17)6-3-12;/h2-7,10,18-19H,8-9,11H2,1H3;1H. The average Bonchev–Trinajstić information content (AvgIpc) is 2.47. The van der Waals surface area contributed by atoms with Crippen LogP contribution in [0.15, 0.2) is 42.5 Å². The van der Waals surface area contributed by atoms with Gasteiger partial charge in [0, 0.05) is 6.54 Å². The summed E-state index contributed by atoms with van der Waals surface area (Å²) in [4.78, 5) is 0. The third-order valence-corrected chi connectivity index (χ3v) is 3.08. The van der Waals surface area contributed by atoms with Crippen molar-refractivity contribution < 1.29 is 14.2 Å². The molecule has 0 saturated carbocycles. The molecule has 0 unspecified atom stereocenters. The van der Waals surface area contributed by atoms with Gasteiger partial charge in [-0.3, -0.25) is 0 Å². The SMILES string of the molecule is COc1cc(CNCCc2ccc(F)cc2)ccc1O.Cl. The topological polar surface area (TPSA) is 41.5 Å². The normalized spacial score (nSPS) is 10.0. The van der Waals surface area contributed by atoms with Crippen LogP contribution in [0.2, 0.25) is 0 Å². The van der Waals surface area contributed by atoms with Crippen LogP contribution in [0.3, 0.4) is 0 Å². The zero-order chi connectivity index (χ0) is 14.4. The van der Waals surface area contributed by atoms with Crippen molar-refractivity contribution in [1.82, 2.24) is 5.32 Å². The van der Waals surface area contributed by atoms with Crippen LogP contribution in [0.25, 0.3) is 0 Å². The predicted octanol–water partition coefficient (Wildman–Crippen LogP) is 3.29. The first-order valence-corrected chi connectivity index (χ1v) is 6.50. The highest BCUT2D eigenvalue weighted by atomic mass is 35.5. The van der Waals surface area contributed by atoms with E-state index in [2.05, 4.69) is 5.32 Å². The molecular formula is C16H19ClFNO2. The molecule has 0 aliphatic carbocycles. The lowest BCUT2D eigenvalue weighted by Crippen LogP contribution is -2.16. The molecule has 21 heavy (non-hydrogen) atoms. The Kier molecular flexibility index (Phi) is 6.99. The van der Waals surface area contributed by atoms with Crippen LogP contribution in [0.1, 0.15) is 11.1 Å². The van der Waals surface area contributed by atoms with E-state index in [9.17, 15) is 9.50 Å². The molecule has 0 aromatic heterocycles. The minimum absolute atomic E-state index is 0. The molecule has 0 aliphatic rings. The maximum Gasteiger partial charge on any atom is 0.160 e. The van der Waals surface area contributed by atoms with Crippen LogP contribution in [-0.2, 0) is 13.0 Å². The van der Waals surface area contributed by atoms with Gasteiger partial charge in [0.25, 0.3) is 0 Å². The van der Waals surface area contributed by atoms with E-state index in [1.807, 2.05) is 6.07 Å². The van der Waals surface area contributed by atoms with Crippen molar-refractivity contribution in [2.45, 2.75) is 13.0 Å². The first-order chi connectivity index (χ1) is 9.69. The second-order valence-corrected chi connectivity index (χ2v) is 4.56. The number of phenolic OH excluding ortho intramolecular Hbond substituents is 1. The maximum atomic E-state index is 12.8. The van der Waals surface area contributed by atoms with E-state index in [1.54, 1.807) is 24.3 Å². The number of nitrogens with one attached hydrogen (secondary N) is 1. The third-order valence-electron chi connectivity index (χ3n) is 3.08. The molecule has 0 fully saturated rings. The molecule has 114 valence electrons. The first kappa shape index (κ1) is 17.3. The summed E-state index contributed by atoms with van der Waals surface area (Å²) in [5.74, 6) is 0.406. The Morgan fingerprint density at radius 2 is 1.76 bits per heavy atom. The van der Waals surface area contributed by atoms with Crippen LogP contribution in [0, 0.1) is 5.82 Å². The van der Waals surface area contributed by atoms with E-state index in [-0.39, 0.29) is 24.0 Å². The number of benzene rings is 2. The van der Waals surface area contributed by atoms with E-state index in [0.29, 0.717) is 12.3 Å². The fraction of sp³-hybridized carbons (Fsp3) is 0.250. The number of ether oxygens (including phenoxy) is 1. The minimum atomic E-state index is -0.210. The molecule has 2 aromatic carbocycles. The lowest BCUT2D eigenvalue weighted by atomic mass is 10.1. The van der Waals surface area contributed by atoms with Crippen molar-refractivity contribution >= 4 is 12.4 Å². The van der Waals surface area contributed by atoms with Gasteiger partial charge < -0.3 is 15.2 Å². The minimum Gasteiger partial charge on any atom is -0.504 e. The highest BCUT2D eigenvalue weighted by Crippen LogP contribution is 2.26. The summed E-state index contributed by atoms with van der Waals surface area (Å²) >= 11 is 0. The van der Waals surface area contributed by atoms with Crippen LogP contribution >= 0.6 is 12.4 Å². The molecule has 0 atom stereocenters. The summed E-state index contributed by atoms with van der Waals surface area (Å²) < 4.78 is 17.8. The number of aromatic hydroxyl groups is 1. The quantitative estimate of drug-likeness (QED) is 0.804. The summed E-state index contributed by atoms with van der Waals surface area (Å²) in [7, 11) is 1.53. The second-order valence-electron chi connectivity index (χ2n) is 4.56. The molecule has 5 heteroatoms. The Labute approximate surface area is 130 Å². The van der Waals surface area contributed by atoms with Crippen molar-refractivity contribution in [3.8, 4) is 11.5 Å². The summed E-state index contributed by atoms with van der Waals surface area (Å²) in [5.41, 5.74) is 2.14. The van der Waals surface area contributed by atoms with Crippen molar-refractivity contribution in [1.29, 1.82) is 0 Å². The fourth-order valence-corrected chi connectivity index (χ4v) is 1.95. The summed E-state index contributed by atoms with van der Waals surface area (Å²) in [6.45, 7) is 1.49. The van der Waals surface area contributed by atoms with E-state index < -0.39 is 0 Å². The summed E-state index contributed by atoms with van der Waals surface area (Å²) in [6, 6.07) is 11.8. The Morgan fingerprint density at radius 1 is 1.10 bits per heavy atom. The Morgan fingerprint density at radius 3 is 2.43 bits per heavy atom. The molecule has 2 aromatic rings. The largest absolute Gasteiger partial charge is 0.504 e. The maximum absolute atomic E-state index is 12.8. The van der Waals surface area contributed by atoms with E-state index in [4.69, 9.17) is 4.74 Å². The van der Waals surface area contributed by atoms with Crippen LogP contribution in [-0.4, -0.2) is 18.8 Å². The lowest BCUT2D eigenvalue weighted by Gasteiger charge is -2.08. The molecule has 0 bridgehead atoms. The molecule has 0 saturated heterocycles. The van der Waals surface area contributed by atoms with Crippen molar-refractivity contribution in [2.24, 2.45) is 0 Å². The Bertz CT molecular complexity index is 561.